The normalized spacial score (nSPS) is 11.5. The lowest BCUT2D eigenvalue weighted by molar-refractivity contribution is -0.173. The molecule has 0 radical (unpaired) electrons. The van der Waals surface area contributed by atoms with E-state index in [4.69, 9.17) is 10.5 Å². The third-order valence-corrected chi connectivity index (χ3v) is 7.20. The number of benzene rings is 3. The Labute approximate surface area is 279 Å². The Bertz CT molecular complexity index is 1930. The maximum absolute atomic E-state index is 12.7. The summed E-state index contributed by atoms with van der Waals surface area (Å²) in [5, 5.41) is 13.2. The summed E-state index contributed by atoms with van der Waals surface area (Å²) in [6.07, 6.45) is -2.78. The van der Waals surface area contributed by atoms with Crippen molar-refractivity contribution in [2.75, 3.05) is 31.3 Å². The molecule has 4 N–H and O–H groups in total. The molecule has 0 fully saturated rings. The average molecular weight is 675 g/mol. The fraction of sp³-hybridized carbons (Fsp3) is 0.242. The number of amides is 2. The van der Waals surface area contributed by atoms with Crippen LogP contribution in [0.5, 0.6) is 5.88 Å². The van der Waals surface area contributed by atoms with E-state index in [9.17, 15) is 22.8 Å². The van der Waals surface area contributed by atoms with Gasteiger partial charge in [-0.3, -0.25) is 9.59 Å². The molecule has 13 nitrogen and oxygen atoms in total. The number of hydrogen-bond donors (Lipinski definition) is 3. The van der Waals surface area contributed by atoms with Crippen molar-refractivity contribution in [1.29, 1.82) is 0 Å². The van der Waals surface area contributed by atoms with Crippen LogP contribution >= 0.6 is 0 Å². The van der Waals surface area contributed by atoms with Crippen LogP contribution in [0.1, 0.15) is 27.9 Å². The van der Waals surface area contributed by atoms with E-state index in [2.05, 4.69) is 30.5 Å². The zero-order valence-electron chi connectivity index (χ0n) is 26.6. The van der Waals surface area contributed by atoms with Crippen LogP contribution in [0.3, 0.4) is 0 Å². The van der Waals surface area contributed by atoms with Crippen molar-refractivity contribution in [2.24, 2.45) is 10.2 Å². The average Bonchev–Trinajstić information content (AvgIpc) is 3.49. The number of ether oxygens (including phenoxy) is 1. The van der Waals surface area contributed by atoms with Crippen LogP contribution in [-0.4, -0.2) is 58.1 Å². The standard InChI is InChI=1S/C33H33F3N10O3/c1-45(2)26-14-12-25(13-15-26)44-43-24-10-8-23(9-11-24)29(47)38-16-3-17-46-20-40-27-28(46)41-32(37)42-30(27)49-19-22-6-4-21(5-7-22)18-39-31(48)33(34,35)36/h4-15,20H,3,16-19H2,1-2H3,(H,38,47)(H,39,48)(H2,37,41,42)/b44-43+. The summed E-state index contributed by atoms with van der Waals surface area (Å²) in [4.78, 5) is 38.5. The molecule has 0 aliphatic carbocycles. The highest BCUT2D eigenvalue weighted by atomic mass is 19.4. The first kappa shape index (κ1) is 34.3. The van der Waals surface area contributed by atoms with Gasteiger partial charge >= 0.3 is 12.1 Å². The molecule has 0 saturated heterocycles. The quantitative estimate of drug-likeness (QED) is 0.109. The van der Waals surface area contributed by atoms with Crippen molar-refractivity contribution in [3.8, 4) is 5.88 Å². The number of anilines is 2. The lowest BCUT2D eigenvalue weighted by Gasteiger charge is -2.11. The second-order valence-corrected chi connectivity index (χ2v) is 11.0. The van der Waals surface area contributed by atoms with E-state index in [1.165, 1.54) is 0 Å². The Balaban J connectivity index is 1.10. The number of azo groups is 1. The maximum atomic E-state index is 12.7. The number of nitrogens with two attached hydrogens (primary N) is 1. The van der Waals surface area contributed by atoms with Crippen molar-refractivity contribution in [1.82, 2.24) is 30.2 Å². The number of aromatic nitrogens is 4. The largest absolute Gasteiger partial charge is 0.471 e. The minimum atomic E-state index is -4.94. The van der Waals surface area contributed by atoms with Gasteiger partial charge in [-0.2, -0.15) is 33.4 Å². The fourth-order valence-electron chi connectivity index (χ4n) is 4.55. The van der Waals surface area contributed by atoms with Crippen LogP contribution in [-0.2, 0) is 24.5 Å². The number of fused-ring (bicyclic) bond motifs is 1. The van der Waals surface area contributed by atoms with Crippen LogP contribution in [0.4, 0.5) is 36.2 Å². The van der Waals surface area contributed by atoms with Gasteiger partial charge in [-0.15, -0.1) is 0 Å². The number of imidazole rings is 1. The van der Waals surface area contributed by atoms with Crippen LogP contribution < -0.4 is 26.0 Å². The predicted molar refractivity (Wildman–Crippen MR) is 177 cm³/mol. The number of carbonyl (C=O) groups is 2. The highest BCUT2D eigenvalue weighted by molar-refractivity contribution is 5.94. The summed E-state index contributed by atoms with van der Waals surface area (Å²) in [6.45, 7) is 0.684. The first-order valence-corrected chi connectivity index (χ1v) is 15.1. The van der Waals surface area contributed by atoms with Gasteiger partial charge in [-0.25, -0.2) is 4.98 Å². The first-order chi connectivity index (χ1) is 23.5. The van der Waals surface area contributed by atoms with Crippen LogP contribution in [0.25, 0.3) is 11.2 Å². The summed E-state index contributed by atoms with van der Waals surface area (Å²) in [5.74, 6) is -2.07. The van der Waals surface area contributed by atoms with Crippen molar-refractivity contribution in [2.45, 2.75) is 32.3 Å². The summed E-state index contributed by atoms with van der Waals surface area (Å²) in [5.41, 5.74) is 10.9. The molecule has 5 rings (SSSR count). The SMILES string of the molecule is CN(C)c1ccc(/N=N/c2ccc(C(=O)NCCCn3cnc4c(OCc5ccc(CNC(=O)C(F)(F)F)cc5)nc(N)nc43)cc2)cc1. The van der Waals surface area contributed by atoms with E-state index >= 15 is 0 Å². The van der Waals surface area contributed by atoms with E-state index in [1.54, 1.807) is 59.4 Å². The van der Waals surface area contributed by atoms with Gasteiger partial charge in [0.1, 0.15) is 6.61 Å². The third kappa shape index (κ3) is 9.27. The number of alkyl halides is 3. The predicted octanol–water partition coefficient (Wildman–Crippen LogP) is 5.47. The van der Waals surface area contributed by atoms with Gasteiger partial charge in [0.15, 0.2) is 11.2 Å². The second-order valence-electron chi connectivity index (χ2n) is 11.0. The molecule has 254 valence electrons. The van der Waals surface area contributed by atoms with Crippen molar-refractivity contribution in [3.05, 3.63) is 95.8 Å². The Morgan fingerprint density at radius 3 is 2.16 bits per heavy atom. The van der Waals surface area contributed by atoms with Crippen molar-refractivity contribution < 1.29 is 27.5 Å². The summed E-state index contributed by atoms with van der Waals surface area (Å²) in [6, 6.07) is 21.0. The van der Waals surface area contributed by atoms with Gasteiger partial charge in [0.25, 0.3) is 5.91 Å². The van der Waals surface area contributed by atoms with Crippen LogP contribution in [0, 0.1) is 0 Å². The molecule has 3 aromatic carbocycles. The Morgan fingerprint density at radius 2 is 1.53 bits per heavy atom. The minimum Gasteiger partial charge on any atom is -0.471 e. The molecule has 5 aromatic rings. The number of halogens is 3. The van der Waals surface area contributed by atoms with E-state index < -0.39 is 12.1 Å². The molecular weight excluding hydrogens is 641 g/mol. The zero-order valence-corrected chi connectivity index (χ0v) is 26.6. The van der Waals surface area contributed by atoms with E-state index in [0.29, 0.717) is 53.1 Å². The van der Waals surface area contributed by atoms with E-state index in [0.717, 1.165) is 11.4 Å². The second kappa shape index (κ2) is 15.2. The maximum Gasteiger partial charge on any atom is 0.471 e. The molecule has 0 unspecified atom stereocenters. The fourth-order valence-corrected chi connectivity index (χ4v) is 4.55. The summed E-state index contributed by atoms with van der Waals surface area (Å²) >= 11 is 0. The number of hydrogen-bond acceptors (Lipinski definition) is 10. The number of nitrogen functional groups attached to an aromatic ring is 1. The highest BCUT2D eigenvalue weighted by Gasteiger charge is 2.38. The molecule has 0 atom stereocenters. The molecule has 2 aromatic heterocycles. The van der Waals surface area contributed by atoms with E-state index in [1.807, 2.05) is 48.6 Å². The molecule has 0 aliphatic heterocycles. The van der Waals surface area contributed by atoms with Gasteiger partial charge in [0.2, 0.25) is 11.8 Å². The lowest BCUT2D eigenvalue weighted by Crippen LogP contribution is -2.36. The lowest BCUT2D eigenvalue weighted by atomic mass is 10.1. The molecule has 2 heterocycles. The molecule has 0 aliphatic rings. The topological polar surface area (TPSA) is 165 Å². The molecule has 0 bridgehead atoms. The molecule has 16 heteroatoms. The smallest absolute Gasteiger partial charge is 0.471 e. The Hall–Kier alpha value is -6.06. The molecule has 2 amide bonds. The molecule has 0 spiro atoms. The number of aryl methyl sites for hydroxylation is 1. The van der Waals surface area contributed by atoms with Crippen molar-refractivity contribution in [3.63, 3.8) is 0 Å². The minimum absolute atomic E-state index is 0.0153. The van der Waals surface area contributed by atoms with Gasteiger partial charge in [-0.1, -0.05) is 24.3 Å². The zero-order chi connectivity index (χ0) is 35.0. The van der Waals surface area contributed by atoms with E-state index in [-0.39, 0.29) is 30.9 Å². The molecule has 0 saturated carbocycles. The van der Waals surface area contributed by atoms with Crippen LogP contribution in [0.2, 0.25) is 0 Å². The number of rotatable bonds is 13. The van der Waals surface area contributed by atoms with Crippen LogP contribution in [0.15, 0.2) is 89.4 Å². The number of carbonyl (C=O) groups excluding carboxylic acids is 2. The summed E-state index contributed by atoms with van der Waals surface area (Å²) < 4.78 is 44.8. The number of nitrogens with zero attached hydrogens (tertiary/aromatic N) is 7. The van der Waals surface area contributed by atoms with Gasteiger partial charge < -0.3 is 30.6 Å². The molecule has 49 heavy (non-hydrogen) atoms. The summed E-state index contributed by atoms with van der Waals surface area (Å²) in [7, 11) is 3.93. The van der Waals surface area contributed by atoms with Gasteiger partial charge in [-0.05, 0) is 66.1 Å². The first-order valence-electron chi connectivity index (χ1n) is 15.1. The molecular formula is C33H33F3N10O3. The monoisotopic (exact) mass is 674 g/mol. The van der Waals surface area contributed by atoms with Gasteiger partial charge in [0, 0.05) is 45.0 Å². The highest BCUT2D eigenvalue weighted by Crippen LogP contribution is 2.24. The van der Waals surface area contributed by atoms with Crippen molar-refractivity contribution >= 4 is 46.0 Å². The van der Waals surface area contributed by atoms with Gasteiger partial charge in [0.05, 0.1) is 17.7 Å². The Kier molecular flexibility index (Phi) is 10.7. The Morgan fingerprint density at radius 1 is 0.898 bits per heavy atom. The number of nitrogens with one attached hydrogen (secondary N) is 2. The third-order valence-electron chi connectivity index (χ3n) is 7.20.